The number of carbonyl (C=O) groups is 1. The van der Waals surface area contributed by atoms with Gasteiger partial charge in [0.05, 0.1) is 6.04 Å². The zero-order valence-electron chi connectivity index (χ0n) is 11.9. The Morgan fingerprint density at radius 1 is 1.39 bits per heavy atom. The smallest absolute Gasteiger partial charge is 0.237 e. The summed E-state index contributed by atoms with van der Waals surface area (Å²) >= 11 is 0. The summed E-state index contributed by atoms with van der Waals surface area (Å²) in [7, 11) is 4.08. The lowest BCUT2D eigenvalue weighted by Gasteiger charge is -2.24. The molecule has 1 heterocycles. The molecule has 1 aliphatic heterocycles. The molecule has 4 unspecified atom stereocenters. The highest BCUT2D eigenvalue weighted by atomic mass is 16.2. The molecule has 4 atom stereocenters. The summed E-state index contributed by atoms with van der Waals surface area (Å²) in [6.45, 7) is 2.86. The van der Waals surface area contributed by atoms with Gasteiger partial charge in [-0.15, -0.1) is 0 Å². The lowest BCUT2D eigenvalue weighted by molar-refractivity contribution is -0.123. The van der Waals surface area contributed by atoms with Crippen LogP contribution in [0.1, 0.15) is 39.0 Å². The van der Waals surface area contributed by atoms with Crippen LogP contribution in [0, 0.1) is 5.92 Å². The van der Waals surface area contributed by atoms with Gasteiger partial charge in [0.15, 0.2) is 0 Å². The van der Waals surface area contributed by atoms with Gasteiger partial charge in [0.2, 0.25) is 5.91 Å². The van der Waals surface area contributed by atoms with Crippen LogP contribution < -0.4 is 10.6 Å². The van der Waals surface area contributed by atoms with Gasteiger partial charge in [-0.25, -0.2) is 0 Å². The standard InChI is InChI=1S/C14H27N3O/c1-10(17(2)3)9-15-14(18)13-8-11-6-4-5-7-12(11)16-13/h10-13,16H,4-9H2,1-3H3,(H,15,18). The quantitative estimate of drug-likeness (QED) is 0.785. The lowest BCUT2D eigenvalue weighted by Crippen LogP contribution is -2.46. The van der Waals surface area contributed by atoms with Crippen molar-refractivity contribution in [1.29, 1.82) is 0 Å². The van der Waals surface area contributed by atoms with Crippen LogP contribution in [0.4, 0.5) is 0 Å². The first-order valence-electron chi connectivity index (χ1n) is 7.28. The molecule has 0 bridgehead atoms. The van der Waals surface area contributed by atoms with Crippen molar-refractivity contribution in [2.45, 2.75) is 57.2 Å². The van der Waals surface area contributed by atoms with Gasteiger partial charge in [-0.2, -0.15) is 0 Å². The van der Waals surface area contributed by atoms with Gasteiger partial charge in [0, 0.05) is 18.6 Å². The van der Waals surface area contributed by atoms with Crippen molar-refractivity contribution >= 4 is 5.91 Å². The van der Waals surface area contributed by atoms with Crippen LogP contribution in [-0.2, 0) is 4.79 Å². The molecule has 4 heteroatoms. The minimum atomic E-state index is 0.0486. The maximum Gasteiger partial charge on any atom is 0.237 e. The average Bonchev–Trinajstić information content (AvgIpc) is 2.79. The van der Waals surface area contributed by atoms with Crippen molar-refractivity contribution < 1.29 is 4.79 Å². The second kappa shape index (κ2) is 6.02. The SMILES string of the molecule is CC(CNC(=O)C1CC2CCCCC2N1)N(C)C. The van der Waals surface area contributed by atoms with Crippen LogP contribution in [-0.4, -0.2) is 49.6 Å². The molecule has 104 valence electrons. The van der Waals surface area contributed by atoms with E-state index >= 15 is 0 Å². The van der Waals surface area contributed by atoms with Crippen LogP contribution in [0.15, 0.2) is 0 Å². The number of rotatable bonds is 4. The van der Waals surface area contributed by atoms with Crippen LogP contribution in [0.5, 0.6) is 0 Å². The number of carbonyl (C=O) groups excluding carboxylic acids is 1. The fourth-order valence-electron chi connectivity index (χ4n) is 3.08. The van der Waals surface area contributed by atoms with Gasteiger partial charge < -0.3 is 15.5 Å². The van der Waals surface area contributed by atoms with Crippen molar-refractivity contribution in [3.05, 3.63) is 0 Å². The molecule has 0 aromatic carbocycles. The molecule has 1 saturated heterocycles. The molecule has 1 amide bonds. The maximum atomic E-state index is 12.1. The van der Waals surface area contributed by atoms with Crippen molar-refractivity contribution in [2.24, 2.45) is 5.92 Å². The third kappa shape index (κ3) is 3.23. The zero-order valence-corrected chi connectivity index (χ0v) is 11.9. The number of nitrogens with zero attached hydrogens (tertiary/aromatic N) is 1. The minimum absolute atomic E-state index is 0.0486. The number of nitrogens with one attached hydrogen (secondary N) is 2. The van der Waals surface area contributed by atoms with E-state index in [4.69, 9.17) is 0 Å². The van der Waals surface area contributed by atoms with Crippen LogP contribution in [0.3, 0.4) is 0 Å². The van der Waals surface area contributed by atoms with Crippen LogP contribution in [0.2, 0.25) is 0 Å². The molecule has 0 aromatic heterocycles. The molecule has 2 fully saturated rings. The Kier molecular flexibility index (Phi) is 4.62. The average molecular weight is 253 g/mol. The summed E-state index contributed by atoms with van der Waals surface area (Å²) in [6.07, 6.45) is 6.25. The van der Waals surface area contributed by atoms with E-state index in [1.165, 1.54) is 25.7 Å². The summed E-state index contributed by atoms with van der Waals surface area (Å²) in [5, 5.41) is 6.59. The summed E-state index contributed by atoms with van der Waals surface area (Å²) in [5.74, 6) is 0.930. The molecular weight excluding hydrogens is 226 g/mol. The van der Waals surface area contributed by atoms with Crippen molar-refractivity contribution in [2.75, 3.05) is 20.6 Å². The van der Waals surface area contributed by atoms with E-state index in [0.29, 0.717) is 12.1 Å². The van der Waals surface area contributed by atoms with Crippen LogP contribution >= 0.6 is 0 Å². The molecule has 18 heavy (non-hydrogen) atoms. The minimum Gasteiger partial charge on any atom is -0.353 e. The summed E-state index contributed by atoms with van der Waals surface area (Å²) in [6, 6.07) is 1.03. The third-order valence-electron chi connectivity index (χ3n) is 4.63. The number of hydrogen-bond acceptors (Lipinski definition) is 3. The predicted octanol–water partition coefficient (Wildman–Crippen LogP) is 0.973. The van der Waals surface area contributed by atoms with Gasteiger partial charge in [-0.3, -0.25) is 4.79 Å². The normalized spacial score (nSPS) is 33.2. The lowest BCUT2D eigenvalue weighted by atomic mass is 9.85. The molecule has 2 rings (SSSR count). The first-order valence-corrected chi connectivity index (χ1v) is 7.28. The Balaban J connectivity index is 1.76. The highest BCUT2D eigenvalue weighted by Crippen LogP contribution is 2.33. The zero-order chi connectivity index (χ0) is 13.1. The highest BCUT2D eigenvalue weighted by Gasteiger charge is 2.38. The van der Waals surface area contributed by atoms with E-state index in [0.717, 1.165) is 18.9 Å². The van der Waals surface area contributed by atoms with Gasteiger partial charge >= 0.3 is 0 Å². The Labute approximate surface area is 110 Å². The van der Waals surface area contributed by atoms with E-state index in [1.807, 2.05) is 14.1 Å². The van der Waals surface area contributed by atoms with Crippen molar-refractivity contribution in [1.82, 2.24) is 15.5 Å². The summed E-state index contributed by atoms with van der Waals surface area (Å²) in [5.41, 5.74) is 0. The number of hydrogen-bond donors (Lipinski definition) is 2. The van der Waals surface area contributed by atoms with Gasteiger partial charge in [-0.05, 0) is 46.2 Å². The van der Waals surface area contributed by atoms with E-state index in [2.05, 4.69) is 22.5 Å². The van der Waals surface area contributed by atoms with Gasteiger partial charge in [0.25, 0.3) is 0 Å². The molecule has 0 radical (unpaired) electrons. The fourth-order valence-corrected chi connectivity index (χ4v) is 3.08. The molecule has 1 aliphatic carbocycles. The van der Waals surface area contributed by atoms with E-state index in [9.17, 15) is 4.79 Å². The van der Waals surface area contributed by atoms with Crippen molar-refractivity contribution in [3.8, 4) is 0 Å². The molecule has 4 nitrogen and oxygen atoms in total. The Hall–Kier alpha value is -0.610. The molecule has 0 spiro atoms. The third-order valence-corrected chi connectivity index (χ3v) is 4.63. The van der Waals surface area contributed by atoms with Gasteiger partial charge in [0.1, 0.15) is 0 Å². The van der Waals surface area contributed by atoms with E-state index < -0.39 is 0 Å². The number of fused-ring (bicyclic) bond motifs is 1. The van der Waals surface area contributed by atoms with Gasteiger partial charge in [-0.1, -0.05) is 12.8 Å². The first kappa shape index (κ1) is 13.8. The molecule has 2 aliphatic rings. The molecule has 2 N–H and O–H groups in total. The van der Waals surface area contributed by atoms with E-state index in [1.54, 1.807) is 0 Å². The molecule has 0 aromatic rings. The van der Waals surface area contributed by atoms with Crippen LogP contribution in [0.25, 0.3) is 0 Å². The topological polar surface area (TPSA) is 44.4 Å². The number of amides is 1. The van der Waals surface area contributed by atoms with Crippen molar-refractivity contribution in [3.63, 3.8) is 0 Å². The summed E-state index contributed by atoms with van der Waals surface area (Å²) in [4.78, 5) is 14.3. The molecule has 1 saturated carbocycles. The number of likely N-dealkylation sites (N-methyl/N-ethyl adjacent to an activating group) is 1. The maximum absolute atomic E-state index is 12.1. The molecular formula is C14H27N3O. The Bertz CT molecular complexity index is 279. The first-order chi connectivity index (χ1) is 8.58. The summed E-state index contributed by atoms with van der Waals surface area (Å²) < 4.78 is 0. The Morgan fingerprint density at radius 3 is 2.78 bits per heavy atom. The van der Waals surface area contributed by atoms with E-state index in [-0.39, 0.29) is 11.9 Å². The largest absolute Gasteiger partial charge is 0.353 e. The monoisotopic (exact) mass is 253 g/mol. The Morgan fingerprint density at radius 2 is 2.11 bits per heavy atom. The second-order valence-corrected chi connectivity index (χ2v) is 6.16. The fraction of sp³-hybridized carbons (Fsp3) is 0.929. The second-order valence-electron chi connectivity index (χ2n) is 6.16. The predicted molar refractivity (Wildman–Crippen MR) is 73.4 cm³/mol. The highest BCUT2D eigenvalue weighted by molar-refractivity contribution is 5.82.